The van der Waals surface area contributed by atoms with Crippen molar-refractivity contribution in [2.75, 3.05) is 0 Å². The summed E-state index contributed by atoms with van der Waals surface area (Å²) in [6, 6.07) is 2.46. The van der Waals surface area contributed by atoms with Gasteiger partial charge in [0.15, 0.2) is 0 Å². The number of non-ortho nitro benzene ring substituents is 1. The molecule has 1 aromatic carbocycles. The van der Waals surface area contributed by atoms with Crippen LogP contribution < -0.4 is 0 Å². The molecule has 0 saturated carbocycles. The Morgan fingerprint density at radius 1 is 1.37 bits per heavy atom. The Morgan fingerprint density at radius 2 is 2.05 bits per heavy atom. The van der Waals surface area contributed by atoms with Crippen molar-refractivity contribution in [1.29, 1.82) is 0 Å². The third kappa shape index (κ3) is 2.54. The molecule has 0 bridgehead atoms. The van der Waals surface area contributed by atoms with Crippen molar-refractivity contribution in [3.8, 4) is 5.69 Å². The fourth-order valence-corrected chi connectivity index (χ4v) is 1.53. The number of hydrogen-bond acceptors (Lipinski definition) is 4. The zero-order valence-electron chi connectivity index (χ0n) is 9.55. The second kappa shape index (κ2) is 4.34. The Labute approximate surface area is 104 Å². The van der Waals surface area contributed by atoms with E-state index in [0.29, 0.717) is 11.9 Å². The Hall–Kier alpha value is -2.45. The van der Waals surface area contributed by atoms with Gasteiger partial charge in [0.05, 0.1) is 16.2 Å². The smallest absolute Gasteiger partial charge is 0.258 e. The van der Waals surface area contributed by atoms with Gasteiger partial charge >= 0.3 is 6.18 Å². The van der Waals surface area contributed by atoms with Gasteiger partial charge in [0, 0.05) is 12.1 Å². The number of nitro benzene ring substituents is 1. The quantitative estimate of drug-likeness (QED) is 0.621. The molecule has 0 aliphatic heterocycles. The van der Waals surface area contributed by atoms with E-state index in [-0.39, 0.29) is 5.69 Å². The molecule has 0 atom stereocenters. The van der Waals surface area contributed by atoms with E-state index in [2.05, 4.69) is 10.1 Å². The van der Waals surface area contributed by atoms with Crippen LogP contribution in [0.5, 0.6) is 0 Å². The lowest BCUT2D eigenvalue weighted by atomic mass is 10.1. The van der Waals surface area contributed by atoms with E-state index in [9.17, 15) is 23.3 Å². The van der Waals surface area contributed by atoms with Crippen LogP contribution in [0.4, 0.5) is 18.9 Å². The van der Waals surface area contributed by atoms with E-state index in [1.807, 2.05) is 0 Å². The lowest BCUT2D eigenvalue weighted by Gasteiger charge is -2.11. The third-order valence-corrected chi connectivity index (χ3v) is 2.35. The number of hydrogen-bond donors (Lipinski definition) is 0. The Kier molecular flexibility index (Phi) is 2.97. The molecule has 0 saturated heterocycles. The second-order valence-electron chi connectivity index (χ2n) is 3.69. The molecule has 0 spiro atoms. The molecule has 0 N–H and O–H groups in total. The number of benzene rings is 1. The van der Waals surface area contributed by atoms with Crippen LogP contribution in [0, 0.1) is 17.0 Å². The molecule has 100 valence electrons. The fourth-order valence-electron chi connectivity index (χ4n) is 1.53. The normalized spacial score (nSPS) is 11.6. The van der Waals surface area contributed by atoms with Gasteiger partial charge in [0.1, 0.15) is 12.2 Å². The summed E-state index contributed by atoms with van der Waals surface area (Å²) < 4.78 is 39.6. The highest BCUT2D eigenvalue weighted by Crippen LogP contribution is 2.35. The summed E-state index contributed by atoms with van der Waals surface area (Å²) >= 11 is 0. The summed E-state index contributed by atoms with van der Waals surface area (Å²) in [5.41, 5.74) is -2.07. The van der Waals surface area contributed by atoms with E-state index >= 15 is 0 Å². The minimum Gasteiger partial charge on any atom is -0.258 e. The number of nitrogens with zero attached hydrogens (tertiary/aromatic N) is 4. The largest absolute Gasteiger partial charge is 0.418 e. The van der Waals surface area contributed by atoms with Crippen LogP contribution in [0.3, 0.4) is 0 Å². The average molecular weight is 272 g/mol. The summed E-state index contributed by atoms with van der Waals surface area (Å²) in [4.78, 5) is 13.4. The van der Waals surface area contributed by atoms with Gasteiger partial charge in [-0.3, -0.25) is 10.1 Å². The highest BCUT2D eigenvalue weighted by molar-refractivity contribution is 5.49. The highest BCUT2D eigenvalue weighted by atomic mass is 19.4. The molecular formula is C10H7F3N4O2. The lowest BCUT2D eigenvalue weighted by molar-refractivity contribution is -0.385. The van der Waals surface area contributed by atoms with E-state index in [1.165, 1.54) is 6.92 Å². The van der Waals surface area contributed by atoms with Crippen LogP contribution in [-0.4, -0.2) is 19.7 Å². The molecule has 2 rings (SSSR count). The molecular weight excluding hydrogens is 265 g/mol. The molecule has 1 aromatic heterocycles. The highest BCUT2D eigenvalue weighted by Gasteiger charge is 2.36. The summed E-state index contributed by atoms with van der Waals surface area (Å²) in [5, 5.41) is 14.3. The van der Waals surface area contributed by atoms with Gasteiger partial charge in [-0.2, -0.15) is 18.3 Å². The Morgan fingerprint density at radius 3 is 2.53 bits per heavy atom. The van der Waals surface area contributed by atoms with Gasteiger partial charge in [0.25, 0.3) is 5.69 Å². The molecule has 0 radical (unpaired) electrons. The summed E-state index contributed by atoms with van der Waals surface area (Å²) in [6.45, 7) is 1.52. The first kappa shape index (κ1) is 13.0. The van der Waals surface area contributed by atoms with Crippen molar-refractivity contribution in [3.63, 3.8) is 0 Å². The number of aryl methyl sites for hydroxylation is 1. The van der Waals surface area contributed by atoms with Gasteiger partial charge in [-0.15, -0.1) is 0 Å². The van der Waals surface area contributed by atoms with Crippen LogP contribution in [0.25, 0.3) is 5.69 Å². The number of rotatable bonds is 2. The number of halogens is 3. The van der Waals surface area contributed by atoms with Crippen LogP contribution in [0.15, 0.2) is 24.5 Å². The molecule has 9 heteroatoms. The maximum absolute atomic E-state index is 12.9. The molecule has 0 fully saturated rings. The van der Waals surface area contributed by atoms with Crippen LogP contribution in [-0.2, 0) is 6.18 Å². The van der Waals surface area contributed by atoms with Crippen molar-refractivity contribution in [3.05, 3.63) is 46.0 Å². The van der Waals surface area contributed by atoms with Gasteiger partial charge in [-0.25, -0.2) is 9.67 Å². The Bertz CT molecular complexity index is 636. The lowest BCUT2D eigenvalue weighted by Crippen LogP contribution is -2.12. The molecule has 2 aromatic rings. The van der Waals surface area contributed by atoms with E-state index < -0.39 is 22.4 Å². The standard InChI is InChI=1S/C10H7F3N4O2/c1-6-14-5-16(15-6)9-3-2-7(17(18)19)4-8(9)10(11,12)13/h2-5H,1H3. The SMILES string of the molecule is Cc1ncn(-c2ccc([N+](=O)[O-])cc2C(F)(F)F)n1. The van der Waals surface area contributed by atoms with Crippen LogP contribution >= 0.6 is 0 Å². The number of alkyl halides is 3. The molecule has 1 heterocycles. The molecule has 0 amide bonds. The maximum Gasteiger partial charge on any atom is 0.418 e. The van der Waals surface area contributed by atoms with Crippen LogP contribution in [0.1, 0.15) is 11.4 Å². The van der Waals surface area contributed by atoms with Crippen molar-refractivity contribution in [2.24, 2.45) is 0 Å². The first-order valence-corrected chi connectivity index (χ1v) is 5.03. The van der Waals surface area contributed by atoms with E-state index in [0.717, 1.165) is 23.1 Å². The van der Waals surface area contributed by atoms with Crippen molar-refractivity contribution in [1.82, 2.24) is 14.8 Å². The first-order valence-electron chi connectivity index (χ1n) is 5.03. The van der Waals surface area contributed by atoms with Gasteiger partial charge in [-0.05, 0) is 13.0 Å². The topological polar surface area (TPSA) is 73.8 Å². The molecule has 6 nitrogen and oxygen atoms in total. The van der Waals surface area contributed by atoms with Gasteiger partial charge < -0.3 is 0 Å². The van der Waals surface area contributed by atoms with Gasteiger partial charge in [0.2, 0.25) is 0 Å². The van der Waals surface area contributed by atoms with Crippen molar-refractivity contribution >= 4 is 5.69 Å². The minimum atomic E-state index is -4.72. The predicted molar refractivity (Wildman–Crippen MR) is 57.8 cm³/mol. The number of nitro groups is 1. The van der Waals surface area contributed by atoms with Crippen LogP contribution in [0.2, 0.25) is 0 Å². The molecule has 0 unspecified atom stereocenters. The molecule has 0 aliphatic carbocycles. The Balaban J connectivity index is 2.64. The average Bonchev–Trinajstić information content (AvgIpc) is 2.73. The first-order chi connectivity index (χ1) is 8.79. The zero-order valence-corrected chi connectivity index (χ0v) is 9.55. The number of aromatic nitrogens is 3. The second-order valence-corrected chi connectivity index (χ2v) is 3.69. The van der Waals surface area contributed by atoms with E-state index in [1.54, 1.807) is 0 Å². The predicted octanol–water partition coefficient (Wildman–Crippen LogP) is 2.50. The fraction of sp³-hybridized carbons (Fsp3) is 0.200. The van der Waals surface area contributed by atoms with Crippen molar-refractivity contribution < 1.29 is 18.1 Å². The third-order valence-electron chi connectivity index (χ3n) is 2.35. The minimum absolute atomic E-state index is 0.298. The summed E-state index contributed by atoms with van der Waals surface area (Å²) in [7, 11) is 0. The summed E-state index contributed by atoms with van der Waals surface area (Å²) in [5.74, 6) is 0.298. The van der Waals surface area contributed by atoms with Crippen molar-refractivity contribution in [2.45, 2.75) is 13.1 Å². The summed E-state index contributed by atoms with van der Waals surface area (Å²) in [6.07, 6.45) is -3.60. The zero-order chi connectivity index (χ0) is 14.2. The molecule has 19 heavy (non-hydrogen) atoms. The van der Waals surface area contributed by atoms with E-state index in [4.69, 9.17) is 0 Å². The maximum atomic E-state index is 12.9. The molecule has 0 aliphatic rings. The monoisotopic (exact) mass is 272 g/mol. The van der Waals surface area contributed by atoms with Gasteiger partial charge in [-0.1, -0.05) is 0 Å².